The first-order valence-electron chi connectivity index (χ1n) is 6.90. The van der Waals surface area contributed by atoms with Crippen molar-refractivity contribution < 1.29 is 14.4 Å². The Balaban J connectivity index is 2.00. The number of rotatable bonds is 8. The summed E-state index contributed by atoms with van der Waals surface area (Å²) >= 11 is 3.80. The fourth-order valence-corrected chi connectivity index (χ4v) is 4.83. The number of carbonyl (C=O) groups is 3. The van der Waals surface area contributed by atoms with Crippen molar-refractivity contribution in [3.8, 4) is 0 Å². The number of nitrogens with one attached hydrogen (secondary N) is 1. The number of hydrogen-bond acceptors (Lipinski definition) is 8. The van der Waals surface area contributed by atoms with Gasteiger partial charge in [-0.25, -0.2) is 0 Å². The van der Waals surface area contributed by atoms with Crippen LogP contribution in [0.15, 0.2) is 8.68 Å². The van der Waals surface area contributed by atoms with E-state index in [-0.39, 0.29) is 23.1 Å². The third-order valence-electron chi connectivity index (χ3n) is 3.12. The molecule has 0 bridgehead atoms. The van der Waals surface area contributed by atoms with Gasteiger partial charge >= 0.3 is 0 Å². The van der Waals surface area contributed by atoms with Gasteiger partial charge in [-0.2, -0.15) is 0 Å². The molecule has 7 nitrogen and oxygen atoms in total. The van der Waals surface area contributed by atoms with Crippen molar-refractivity contribution in [3.05, 3.63) is 22.5 Å². The first kappa shape index (κ1) is 18.7. The number of thioether (sulfide) groups is 2. The normalized spacial score (nSPS) is 10.8. The molecule has 0 radical (unpaired) electrons. The number of aromatic amines is 1. The molecule has 0 fully saturated rings. The number of aryl methyl sites for hydroxylation is 1. The predicted molar refractivity (Wildman–Crippen MR) is 95.2 cm³/mol. The molecule has 0 aliphatic carbocycles. The minimum absolute atomic E-state index is 0.0619. The van der Waals surface area contributed by atoms with Gasteiger partial charge in [0.05, 0.1) is 17.2 Å². The van der Waals surface area contributed by atoms with E-state index >= 15 is 0 Å². The van der Waals surface area contributed by atoms with Gasteiger partial charge < -0.3 is 10.7 Å². The molecule has 1 amide bonds. The molecule has 2 aromatic rings. The molecule has 0 atom stereocenters. The minimum atomic E-state index is -0.418. The fourth-order valence-electron chi connectivity index (χ4n) is 2.20. The standard InChI is InChI=1S/C14H16N4O3S3/c1-6-11(8(3)19)7(2)16-12(6)9(20)4-22-13-17-18-14(24-13)23-5-10(15)21/h16H,4-5H2,1-3H3,(H2,15,21). The van der Waals surface area contributed by atoms with E-state index in [1.807, 2.05) is 0 Å². The first-order valence-corrected chi connectivity index (χ1v) is 9.69. The zero-order valence-corrected chi connectivity index (χ0v) is 15.8. The summed E-state index contributed by atoms with van der Waals surface area (Å²) in [6, 6.07) is 0. The highest BCUT2D eigenvalue weighted by molar-refractivity contribution is 8.03. The van der Waals surface area contributed by atoms with Gasteiger partial charge in [0.2, 0.25) is 5.91 Å². The molecule has 0 aromatic carbocycles. The second-order valence-corrected chi connectivity index (χ2v) is 8.40. The summed E-state index contributed by atoms with van der Waals surface area (Å²) in [6.07, 6.45) is 0. The molecule has 24 heavy (non-hydrogen) atoms. The van der Waals surface area contributed by atoms with Crippen molar-refractivity contribution >= 4 is 52.3 Å². The largest absolute Gasteiger partial charge is 0.369 e. The van der Waals surface area contributed by atoms with E-state index in [0.717, 1.165) is 0 Å². The third-order valence-corrected chi connectivity index (χ3v) is 6.33. The lowest BCUT2D eigenvalue weighted by atomic mass is 10.1. The van der Waals surface area contributed by atoms with Crippen LogP contribution in [0.3, 0.4) is 0 Å². The highest BCUT2D eigenvalue weighted by Crippen LogP contribution is 2.29. The number of hydrogen-bond donors (Lipinski definition) is 2. The second kappa shape index (κ2) is 7.95. The van der Waals surface area contributed by atoms with E-state index in [9.17, 15) is 14.4 Å². The number of nitrogens with zero attached hydrogens (tertiary/aromatic N) is 2. The summed E-state index contributed by atoms with van der Waals surface area (Å²) in [7, 11) is 0. The average Bonchev–Trinajstić information content (AvgIpc) is 3.07. The molecule has 2 aromatic heterocycles. The Morgan fingerprint density at radius 2 is 1.71 bits per heavy atom. The quantitative estimate of drug-likeness (QED) is 0.529. The summed E-state index contributed by atoms with van der Waals surface area (Å²) in [5, 5.41) is 7.91. The van der Waals surface area contributed by atoms with Crippen LogP contribution < -0.4 is 5.73 Å². The van der Waals surface area contributed by atoms with Gasteiger partial charge in [0.15, 0.2) is 20.2 Å². The monoisotopic (exact) mass is 384 g/mol. The topological polar surface area (TPSA) is 119 Å². The Labute approximate surface area is 151 Å². The number of primary amides is 1. The lowest BCUT2D eigenvalue weighted by Crippen LogP contribution is -2.12. The van der Waals surface area contributed by atoms with E-state index in [1.54, 1.807) is 13.8 Å². The molecule has 128 valence electrons. The molecule has 0 unspecified atom stereocenters. The summed E-state index contributed by atoms with van der Waals surface area (Å²) in [6.45, 7) is 5.03. The van der Waals surface area contributed by atoms with Crippen LogP contribution in [-0.4, -0.2) is 44.2 Å². The van der Waals surface area contributed by atoms with E-state index in [4.69, 9.17) is 5.73 Å². The van der Waals surface area contributed by atoms with Crippen LogP contribution in [0.2, 0.25) is 0 Å². The van der Waals surface area contributed by atoms with Crippen LogP contribution >= 0.6 is 34.9 Å². The zero-order valence-electron chi connectivity index (χ0n) is 13.3. The molecular weight excluding hydrogens is 368 g/mol. The van der Waals surface area contributed by atoms with Crippen molar-refractivity contribution in [2.75, 3.05) is 11.5 Å². The third kappa shape index (κ3) is 4.46. The second-order valence-electron chi connectivity index (χ2n) is 4.98. The van der Waals surface area contributed by atoms with E-state index < -0.39 is 5.91 Å². The highest BCUT2D eigenvalue weighted by Gasteiger charge is 2.20. The average molecular weight is 385 g/mol. The smallest absolute Gasteiger partial charge is 0.227 e. The van der Waals surface area contributed by atoms with Gasteiger partial charge in [0.25, 0.3) is 0 Å². The summed E-state index contributed by atoms with van der Waals surface area (Å²) in [5.74, 6) is -0.249. The van der Waals surface area contributed by atoms with E-state index in [2.05, 4.69) is 15.2 Å². The molecule has 0 saturated heterocycles. The maximum atomic E-state index is 12.4. The van der Waals surface area contributed by atoms with E-state index in [0.29, 0.717) is 31.2 Å². The van der Waals surface area contributed by atoms with Crippen molar-refractivity contribution in [2.45, 2.75) is 29.5 Å². The molecule has 2 heterocycles. The maximum absolute atomic E-state index is 12.4. The Hall–Kier alpha value is -1.65. The van der Waals surface area contributed by atoms with Gasteiger partial charge in [-0.3, -0.25) is 14.4 Å². The molecule has 0 aliphatic rings. The summed E-state index contributed by atoms with van der Waals surface area (Å²) in [5.41, 5.74) is 7.49. The Kier molecular flexibility index (Phi) is 6.19. The number of Topliss-reactive ketones (excluding diaryl/α,β-unsaturated/α-hetero) is 2. The molecule has 2 rings (SSSR count). The number of ketones is 2. The number of carbonyl (C=O) groups excluding carboxylic acids is 3. The molecule has 0 spiro atoms. The Morgan fingerprint density at radius 3 is 2.21 bits per heavy atom. The van der Waals surface area contributed by atoms with Crippen LogP contribution in [0.1, 0.15) is 39.0 Å². The zero-order chi connectivity index (χ0) is 17.9. The molecule has 0 saturated carbocycles. The van der Waals surface area contributed by atoms with Crippen molar-refractivity contribution in [2.24, 2.45) is 5.73 Å². The Bertz CT molecular complexity index is 797. The van der Waals surface area contributed by atoms with Crippen LogP contribution in [-0.2, 0) is 4.79 Å². The van der Waals surface area contributed by atoms with Crippen LogP contribution in [0.25, 0.3) is 0 Å². The number of amides is 1. The van der Waals surface area contributed by atoms with Gasteiger partial charge in [-0.1, -0.05) is 34.9 Å². The van der Waals surface area contributed by atoms with Crippen LogP contribution in [0.4, 0.5) is 0 Å². The first-order chi connectivity index (χ1) is 11.3. The Morgan fingerprint density at radius 1 is 1.12 bits per heavy atom. The number of nitrogens with two attached hydrogens (primary N) is 1. The van der Waals surface area contributed by atoms with Crippen molar-refractivity contribution in [1.29, 1.82) is 0 Å². The SMILES string of the molecule is CC(=O)c1c(C)[nH]c(C(=O)CSc2nnc(SCC(N)=O)s2)c1C. The lowest BCUT2D eigenvalue weighted by Gasteiger charge is -1.99. The number of aromatic nitrogens is 3. The van der Waals surface area contributed by atoms with Gasteiger partial charge in [0.1, 0.15) is 0 Å². The summed E-state index contributed by atoms with van der Waals surface area (Å²) in [4.78, 5) is 37.7. The molecule has 0 aliphatic heterocycles. The van der Waals surface area contributed by atoms with Crippen LogP contribution in [0.5, 0.6) is 0 Å². The maximum Gasteiger partial charge on any atom is 0.227 e. The van der Waals surface area contributed by atoms with Crippen molar-refractivity contribution in [1.82, 2.24) is 15.2 Å². The van der Waals surface area contributed by atoms with Gasteiger partial charge in [0, 0.05) is 11.3 Å². The molecule has 3 N–H and O–H groups in total. The lowest BCUT2D eigenvalue weighted by molar-refractivity contribution is -0.115. The predicted octanol–water partition coefficient (Wildman–Crippen LogP) is 2.24. The fraction of sp³-hybridized carbons (Fsp3) is 0.357. The van der Waals surface area contributed by atoms with Crippen LogP contribution in [0, 0.1) is 13.8 Å². The highest BCUT2D eigenvalue weighted by atomic mass is 32.2. The van der Waals surface area contributed by atoms with Crippen molar-refractivity contribution in [3.63, 3.8) is 0 Å². The minimum Gasteiger partial charge on any atom is -0.369 e. The van der Waals surface area contributed by atoms with Gasteiger partial charge in [-0.15, -0.1) is 10.2 Å². The number of H-pyrrole nitrogens is 1. The molecule has 10 heteroatoms. The van der Waals surface area contributed by atoms with Gasteiger partial charge in [-0.05, 0) is 26.3 Å². The van der Waals surface area contributed by atoms with E-state index in [1.165, 1.54) is 41.8 Å². The molecular formula is C14H16N4O3S3. The summed E-state index contributed by atoms with van der Waals surface area (Å²) < 4.78 is 1.28.